The van der Waals surface area contributed by atoms with Gasteiger partial charge in [-0.1, -0.05) is 40.5 Å². The van der Waals surface area contributed by atoms with Crippen LogP contribution in [-0.2, 0) is 23.8 Å². The second-order valence-corrected chi connectivity index (χ2v) is 10.8. The van der Waals surface area contributed by atoms with Gasteiger partial charge in [0.05, 0.1) is 12.7 Å². The van der Waals surface area contributed by atoms with Gasteiger partial charge in [-0.05, 0) is 60.7 Å². The molecule has 0 N–H and O–H groups in total. The molecule has 0 aromatic heterocycles. The van der Waals surface area contributed by atoms with Gasteiger partial charge in [0.25, 0.3) is 0 Å². The minimum atomic E-state index is -0.292. The Bertz CT molecular complexity index is 629. The molecule has 29 heavy (non-hydrogen) atoms. The third kappa shape index (κ3) is 4.50. The van der Waals surface area contributed by atoms with Gasteiger partial charge >= 0.3 is 11.9 Å². The topological polar surface area (TPSA) is 65.1 Å². The van der Waals surface area contributed by atoms with E-state index in [0.29, 0.717) is 36.4 Å². The van der Waals surface area contributed by atoms with Crippen molar-refractivity contribution in [2.75, 3.05) is 13.2 Å². The van der Waals surface area contributed by atoms with Crippen molar-refractivity contribution in [2.24, 2.45) is 28.6 Å². The zero-order valence-electron chi connectivity index (χ0n) is 19.2. The molecule has 0 aromatic carbocycles. The lowest BCUT2D eigenvalue weighted by atomic mass is 9.46. The first-order chi connectivity index (χ1) is 13.5. The Morgan fingerprint density at radius 1 is 1.07 bits per heavy atom. The Morgan fingerprint density at radius 2 is 1.76 bits per heavy atom. The number of carbonyl (C=O) groups excluding carboxylic acids is 2. The molecule has 1 aliphatic heterocycles. The number of hydrogen-bond donors (Lipinski definition) is 0. The maximum absolute atomic E-state index is 11.5. The molecule has 3 fully saturated rings. The molecule has 1 heterocycles. The third-order valence-corrected chi connectivity index (χ3v) is 8.33. The summed E-state index contributed by atoms with van der Waals surface area (Å²) >= 11 is 0. The van der Waals surface area contributed by atoms with Crippen LogP contribution in [0, 0.1) is 28.6 Å². The van der Waals surface area contributed by atoms with Gasteiger partial charge < -0.3 is 14.2 Å². The Morgan fingerprint density at radius 3 is 2.41 bits per heavy atom. The van der Waals surface area contributed by atoms with Gasteiger partial charge in [-0.2, -0.15) is 0 Å². The van der Waals surface area contributed by atoms with E-state index in [1.807, 2.05) is 0 Å². The monoisotopic (exact) mass is 408 g/mol. The summed E-state index contributed by atoms with van der Waals surface area (Å²) in [6, 6.07) is 0. The van der Waals surface area contributed by atoms with Gasteiger partial charge in [0.1, 0.15) is 12.2 Å². The van der Waals surface area contributed by atoms with Crippen molar-refractivity contribution < 1.29 is 23.8 Å². The van der Waals surface area contributed by atoms with Crippen LogP contribution >= 0.6 is 0 Å². The highest BCUT2D eigenvalue weighted by atomic mass is 16.6. The molecule has 5 nitrogen and oxygen atoms in total. The van der Waals surface area contributed by atoms with Crippen LogP contribution in [0.2, 0.25) is 0 Å². The van der Waals surface area contributed by atoms with E-state index in [4.69, 9.17) is 14.2 Å². The second kappa shape index (κ2) is 8.20. The first-order valence-electron chi connectivity index (χ1n) is 11.5. The number of ether oxygens (including phenoxy) is 3. The maximum atomic E-state index is 11.5. The molecule has 166 valence electrons. The van der Waals surface area contributed by atoms with Crippen LogP contribution in [0.15, 0.2) is 0 Å². The van der Waals surface area contributed by atoms with E-state index in [0.717, 1.165) is 25.7 Å². The van der Waals surface area contributed by atoms with Crippen molar-refractivity contribution in [3.8, 4) is 0 Å². The van der Waals surface area contributed by atoms with Gasteiger partial charge in [0.2, 0.25) is 0 Å². The lowest BCUT2D eigenvalue weighted by Gasteiger charge is -2.58. The fourth-order valence-electron chi connectivity index (χ4n) is 6.74. The number of hydrogen-bond acceptors (Lipinski definition) is 5. The first-order valence-corrected chi connectivity index (χ1v) is 11.5. The van der Waals surface area contributed by atoms with Gasteiger partial charge in [-0.25, -0.2) is 0 Å². The van der Waals surface area contributed by atoms with E-state index < -0.39 is 0 Å². The SMILES string of the molecule is CC(=O)OCC[C@@H](C)CC[C@@H]1[C@@]2(C)CCCC(C)(C)[C@@H]2C[C@H]2O[C@@]12COC(C)=O. The fourth-order valence-corrected chi connectivity index (χ4v) is 6.74. The van der Waals surface area contributed by atoms with Crippen molar-refractivity contribution in [2.45, 2.75) is 98.2 Å². The summed E-state index contributed by atoms with van der Waals surface area (Å²) in [4.78, 5) is 22.6. The van der Waals surface area contributed by atoms with Crippen molar-refractivity contribution in [1.82, 2.24) is 0 Å². The highest BCUT2D eigenvalue weighted by molar-refractivity contribution is 5.66. The molecule has 0 unspecified atom stereocenters. The summed E-state index contributed by atoms with van der Waals surface area (Å²) in [6.45, 7) is 13.4. The van der Waals surface area contributed by atoms with Crippen LogP contribution in [0.3, 0.4) is 0 Å². The van der Waals surface area contributed by atoms with Crippen LogP contribution in [0.25, 0.3) is 0 Å². The summed E-state index contributed by atoms with van der Waals surface area (Å²) in [6.07, 6.45) is 8.11. The van der Waals surface area contributed by atoms with Gasteiger partial charge in [-0.15, -0.1) is 0 Å². The number of epoxide rings is 1. The minimum Gasteiger partial charge on any atom is -0.466 e. The van der Waals surface area contributed by atoms with Crippen LogP contribution in [0.4, 0.5) is 0 Å². The van der Waals surface area contributed by atoms with Gasteiger partial charge in [0, 0.05) is 13.8 Å². The summed E-state index contributed by atoms with van der Waals surface area (Å²) < 4.78 is 17.0. The Hall–Kier alpha value is -1.10. The Labute approximate surface area is 176 Å². The van der Waals surface area contributed by atoms with Crippen molar-refractivity contribution in [1.29, 1.82) is 0 Å². The van der Waals surface area contributed by atoms with Crippen LogP contribution in [0.1, 0.15) is 86.5 Å². The van der Waals surface area contributed by atoms with Crippen LogP contribution in [-0.4, -0.2) is 36.9 Å². The third-order valence-electron chi connectivity index (χ3n) is 8.33. The molecule has 0 spiro atoms. The number of fused-ring (bicyclic) bond motifs is 2. The largest absolute Gasteiger partial charge is 0.466 e. The van der Waals surface area contributed by atoms with Crippen molar-refractivity contribution in [3.63, 3.8) is 0 Å². The van der Waals surface area contributed by atoms with E-state index in [1.54, 1.807) is 0 Å². The molecule has 1 saturated heterocycles. The molecule has 0 bridgehead atoms. The zero-order chi connectivity index (χ0) is 21.4. The first kappa shape index (κ1) is 22.6. The number of carbonyl (C=O) groups is 2. The standard InChI is InChI=1S/C24H40O5/c1-16(10-13-27-17(2)25)8-9-19-23(6)12-7-11-22(4,5)20(23)14-21-24(19,29-21)15-28-18(3)26/h16,19-21H,7-15H2,1-6H3/t16-,19+,20-,21+,23+,24-/m0/s1. The van der Waals surface area contributed by atoms with E-state index in [-0.39, 0.29) is 29.1 Å². The zero-order valence-corrected chi connectivity index (χ0v) is 19.2. The molecule has 5 heteroatoms. The predicted molar refractivity (Wildman–Crippen MR) is 111 cm³/mol. The van der Waals surface area contributed by atoms with Crippen LogP contribution in [0.5, 0.6) is 0 Å². The molecule has 6 atom stereocenters. The van der Waals surface area contributed by atoms with E-state index in [9.17, 15) is 9.59 Å². The molecule has 0 amide bonds. The maximum Gasteiger partial charge on any atom is 0.302 e. The minimum absolute atomic E-state index is 0.209. The molecule has 0 radical (unpaired) electrons. The fraction of sp³-hybridized carbons (Fsp3) is 0.917. The molecule has 3 rings (SSSR count). The summed E-state index contributed by atoms with van der Waals surface area (Å²) in [5, 5.41) is 0. The van der Waals surface area contributed by atoms with Gasteiger partial charge in [0.15, 0.2) is 0 Å². The summed E-state index contributed by atoms with van der Waals surface area (Å²) in [7, 11) is 0. The normalized spacial score (nSPS) is 38.3. The molecule has 2 aliphatic carbocycles. The average Bonchev–Trinajstić information content (AvgIpc) is 3.31. The molecule has 3 aliphatic rings. The molecular weight excluding hydrogens is 368 g/mol. The van der Waals surface area contributed by atoms with Crippen molar-refractivity contribution in [3.05, 3.63) is 0 Å². The second-order valence-electron chi connectivity index (χ2n) is 10.8. The highest BCUT2D eigenvalue weighted by Crippen LogP contribution is 2.69. The molecule has 0 aromatic rings. The lowest BCUT2D eigenvalue weighted by Crippen LogP contribution is -2.56. The summed E-state index contributed by atoms with van der Waals surface area (Å²) in [5.74, 6) is 1.09. The molecule has 2 saturated carbocycles. The van der Waals surface area contributed by atoms with E-state index in [1.165, 1.54) is 33.1 Å². The highest BCUT2D eigenvalue weighted by Gasteiger charge is 2.72. The predicted octanol–water partition coefficient (Wildman–Crippen LogP) is 4.91. The van der Waals surface area contributed by atoms with E-state index in [2.05, 4.69) is 27.7 Å². The Kier molecular flexibility index (Phi) is 6.39. The van der Waals surface area contributed by atoms with E-state index >= 15 is 0 Å². The average molecular weight is 409 g/mol. The lowest BCUT2D eigenvalue weighted by molar-refractivity contribution is -0.148. The number of esters is 2. The van der Waals surface area contributed by atoms with Gasteiger partial charge in [-0.3, -0.25) is 9.59 Å². The Balaban J connectivity index is 1.74. The quantitative estimate of drug-likeness (QED) is 0.422. The molecular formula is C24H40O5. The summed E-state index contributed by atoms with van der Waals surface area (Å²) in [5.41, 5.74) is 0.246. The number of rotatable bonds is 8. The van der Waals surface area contributed by atoms with Crippen LogP contribution < -0.4 is 0 Å². The van der Waals surface area contributed by atoms with Crippen molar-refractivity contribution >= 4 is 11.9 Å². The smallest absolute Gasteiger partial charge is 0.302 e.